The molecule has 2 N–H and O–H groups in total. The van der Waals surface area contributed by atoms with Gasteiger partial charge in [0.25, 0.3) is 0 Å². The molecule has 1 heterocycles. The van der Waals surface area contributed by atoms with Crippen LogP contribution in [0, 0.1) is 5.92 Å². The van der Waals surface area contributed by atoms with Crippen molar-refractivity contribution >= 4 is 29.9 Å². The van der Waals surface area contributed by atoms with Gasteiger partial charge in [0.2, 0.25) is 0 Å². The lowest BCUT2D eigenvalue weighted by Crippen LogP contribution is -2.43. The van der Waals surface area contributed by atoms with Crippen LogP contribution < -0.4 is 10.6 Å². The Kier molecular flexibility index (Phi) is 11.3. The Balaban J connectivity index is 0.00000288. The molecule has 0 unspecified atom stereocenters. The number of nitrogens with zero attached hydrogens (tertiary/aromatic N) is 3. The highest BCUT2D eigenvalue weighted by molar-refractivity contribution is 14.0. The Morgan fingerprint density at radius 3 is 2.38 bits per heavy atom. The molecule has 2 rings (SSSR count). The summed E-state index contributed by atoms with van der Waals surface area (Å²) in [5.74, 6) is 1.87. The van der Waals surface area contributed by atoms with Gasteiger partial charge in [-0.3, -0.25) is 9.89 Å². The van der Waals surface area contributed by atoms with E-state index < -0.39 is 0 Å². The van der Waals surface area contributed by atoms with Crippen LogP contribution in [0.3, 0.4) is 0 Å². The maximum absolute atomic E-state index is 4.33. The number of likely N-dealkylation sites (tertiary alicyclic amines) is 1. The molecule has 1 saturated heterocycles. The molecule has 6 heteroatoms. The van der Waals surface area contributed by atoms with Crippen molar-refractivity contribution < 1.29 is 0 Å². The summed E-state index contributed by atoms with van der Waals surface area (Å²) in [7, 11) is 1.86. The van der Waals surface area contributed by atoms with E-state index in [0.717, 1.165) is 44.1 Å². The van der Waals surface area contributed by atoms with E-state index in [1.807, 2.05) is 7.05 Å². The average Bonchev–Trinajstić information content (AvgIpc) is 3.40. The van der Waals surface area contributed by atoms with Crippen LogP contribution in [-0.4, -0.2) is 74.7 Å². The molecule has 1 aliphatic heterocycles. The predicted molar refractivity (Wildman–Crippen MR) is 115 cm³/mol. The molecule has 24 heavy (non-hydrogen) atoms. The van der Waals surface area contributed by atoms with Gasteiger partial charge in [-0.15, -0.1) is 24.0 Å². The molecule has 2 fully saturated rings. The Hall–Kier alpha value is -0.0800. The fraction of sp³-hybridized carbons (Fsp3) is 0.944. The van der Waals surface area contributed by atoms with E-state index in [0.29, 0.717) is 0 Å². The zero-order chi connectivity index (χ0) is 16.5. The molecule has 0 radical (unpaired) electrons. The number of aliphatic imine (C=N–C) groups is 1. The SMILES string of the molecule is CCN(CCNC(=NC)NCCCN1CCC(C)CC1)C1CC1.I. The quantitative estimate of drug-likeness (QED) is 0.245. The largest absolute Gasteiger partial charge is 0.356 e. The molecule has 0 aromatic carbocycles. The Morgan fingerprint density at radius 1 is 1.12 bits per heavy atom. The normalized spacial score (nSPS) is 20.1. The van der Waals surface area contributed by atoms with Crippen LogP contribution >= 0.6 is 24.0 Å². The molecule has 0 aromatic heterocycles. The highest BCUT2D eigenvalue weighted by atomic mass is 127. The number of halogens is 1. The van der Waals surface area contributed by atoms with Crippen LogP contribution in [0.5, 0.6) is 0 Å². The number of rotatable bonds is 9. The van der Waals surface area contributed by atoms with Gasteiger partial charge in [0.1, 0.15) is 0 Å². The van der Waals surface area contributed by atoms with Crippen molar-refractivity contribution in [3.8, 4) is 0 Å². The first kappa shape index (κ1) is 22.0. The first-order valence-corrected chi connectivity index (χ1v) is 9.63. The molecule has 0 atom stereocenters. The molecule has 1 aliphatic carbocycles. The minimum absolute atomic E-state index is 0. The molecule has 1 saturated carbocycles. The second-order valence-corrected chi connectivity index (χ2v) is 7.16. The van der Waals surface area contributed by atoms with Gasteiger partial charge in [-0.05, 0) is 64.2 Å². The Bertz CT molecular complexity index is 351. The van der Waals surface area contributed by atoms with Gasteiger partial charge in [-0.1, -0.05) is 13.8 Å². The lowest BCUT2D eigenvalue weighted by atomic mass is 9.99. The van der Waals surface area contributed by atoms with E-state index in [4.69, 9.17) is 0 Å². The standard InChI is InChI=1S/C18H37N5.HI/c1-4-23(17-6-7-17)15-11-21-18(19-3)20-10-5-12-22-13-8-16(2)9-14-22;/h16-17H,4-15H2,1-3H3,(H2,19,20,21);1H. The maximum atomic E-state index is 4.33. The number of nitrogens with one attached hydrogen (secondary N) is 2. The van der Waals surface area contributed by atoms with Gasteiger partial charge in [0.05, 0.1) is 0 Å². The van der Waals surface area contributed by atoms with Crippen molar-refractivity contribution in [2.75, 3.05) is 52.9 Å². The molecule has 5 nitrogen and oxygen atoms in total. The van der Waals surface area contributed by atoms with Crippen molar-refractivity contribution in [2.24, 2.45) is 10.9 Å². The average molecular weight is 451 g/mol. The van der Waals surface area contributed by atoms with Crippen LogP contribution in [-0.2, 0) is 0 Å². The van der Waals surface area contributed by atoms with E-state index in [9.17, 15) is 0 Å². The number of hydrogen-bond donors (Lipinski definition) is 2. The van der Waals surface area contributed by atoms with E-state index >= 15 is 0 Å². The summed E-state index contributed by atoms with van der Waals surface area (Å²) in [5.41, 5.74) is 0. The number of piperidine rings is 1. The zero-order valence-electron chi connectivity index (χ0n) is 15.9. The van der Waals surface area contributed by atoms with Crippen molar-refractivity contribution in [3.63, 3.8) is 0 Å². The second kappa shape index (κ2) is 12.3. The van der Waals surface area contributed by atoms with Crippen molar-refractivity contribution in [3.05, 3.63) is 0 Å². The lowest BCUT2D eigenvalue weighted by Gasteiger charge is -2.30. The Morgan fingerprint density at radius 2 is 1.79 bits per heavy atom. The summed E-state index contributed by atoms with van der Waals surface area (Å²) >= 11 is 0. The molecule has 142 valence electrons. The third kappa shape index (κ3) is 8.34. The summed E-state index contributed by atoms with van der Waals surface area (Å²) in [4.78, 5) is 9.50. The highest BCUT2D eigenvalue weighted by Gasteiger charge is 2.27. The molecular formula is C18H38IN5. The fourth-order valence-electron chi connectivity index (χ4n) is 3.37. The van der Waals surface area contributed by atoms with Crippen LogP contribution in [0.1, 0.15) is 46.0 Å². The van der Waals surface area contributed by atoms with E-state index in [1.54, 1.807) is 0 Å². The summed E-state index contributed by atoms with van der Waals surface area (Å²) in [6.07, 6.45) is 6.70. The molecule has 0 amide bonds. The highest BCUT2D eigenvalue weighted by Crippen LogP contribution is 2.25. The van der Waals surface area contributed by atoms with Crippen LogP contribution in [0.15, 0.2) is 4.99 Å². The second-order valence-electron chi connectivity index (χ2n) is 7.16. The van der Waals surface area contributed by atoms with Crippen LogP contribution in [0.25, 0.3) is 0 Å². The first-order chi connectivity index (χ1) is 11.2. The zero-order valence-corrected chi connectivity index (χ0v) is 18.2. The molecule has 0 bridgehead atoms. The van der Waals surface area contributed by atoms with Crippen LogP contribution in [0.2, 0.25) is 0 Å². The van der Waals surface area contributed by atoms with Crippen molar-refractivity contribution in [1.29, 1.82) is 0 Å². The topological polar surface area (TPSA) is 42.9 Å². The molecule has 0 aromatic rings. The number of likely N-dealkylation sites (N-methyl/N-ethyl adjacent to an activating group) is 1. The van der Waals surface area contributed by atoms with E-state index in [-0.39, 0.29) is 24.0 Å². The van der Waals surface area contributed by atoms with Gasteiger partial charge in [0, 0.05) is 32.7 Å². The summed E-state index contributed by atoms with van der Waals surface area (Å²) in [5, 5.41) is 6.89. The van der Waals surface area contributed by atoms with E-state index in [2.05, 4.69) is 39.3 Å². The van der Waals surface area contributed by atoms with Gasteiger partial charge in [-0.25, -0.2) is 0 Å². The van der Waals surface area contributed by atoms with Gasteiger partial charge >= 0.3 is 0 Å². The van der Waals surface area contributed by atoms with Crippen molar-refractivity contribution in [1.82, 2.24) is 20.4 Å². The molecule has 0 spiro atoms. The smallest absolute Gasteiger partial charge is 0.191 e. The van der Waals surface area contributed by atoms with Crippen molar-refractivity contribution in [2.45, 2.75) is 52.0 Å². The third-order valence-electron chi connectivity index (χ3n) is 5.20. The lowest BCUT2D eigenvalue weighted by molar-refractivity contribution is 0.191. The fourth-order valence-corrected chi connectivity index (χ4v) is 3.37. The minimum atomic E-state index is 0. The summed E-state index contributed by atoms with van der Waals surface area (Å²) < 4.78 is 0. The Labute approximate surface area is 166 Å². The number of hydrogen-bond acceptors (Lipinski definition) is 3. The maximum Gasteiger partial charge on any atom is 0.191 e. The third-order valence-corrected chi connectivity index (χ3v) is 5.20. The predicted octanol–water partition coefficient (Wildman–Crippen LogP) is 2.38. The number of guanidine groups is 1. The van der Waals surface area contributed by atoms with Gasteiger partial charge in [0.15, 0.2) is 5.96 Å². The van der Waals surface area contributed by atoms with Gasteiger partial charge in [-0.2, -0.15) is 0 Å². The van der Waals surface area contributed by atoms with Crippen LogP contribution in [0.4, 0.5) is 0 Å². The van der Waals surface area contributed by atoms with Gasteiger partial charge < -0.3 is 15.5 Å². The monoisotopic (exact) mass is 451 g/mol. The molecular weight excluding hydrogens is 413 g/mol. The van der Waals surface area contributed by atoms with E-state index in [1.165, 1.54) is 51.7 Å². The first-order valence-electron chi connectivity index (χ1n) is 9.63. The molecule has 2 aliphatic rings. The summed E-state index contributed by atoms with van der Waals surface area (Å²) in [6, 6.07) is 0.851. The summed E-state index contributed by atoms with van der Waals surface area (Å²) in [6.45, 7) is 12.7. The minimum Gasteiger partial charge on any atom is -0.356 e.